The highest BCUT2D eigenvalue weighted by atomic mass is 35.5. The first kappa shape index (κ1) is 9.98. The molecule has 15 heavy (non-hydrogen) atoms. The lowest BCUT2D eigenvalue weighted by molar-refractivity contribution is 0.996. The van der Waals surface area contributed by atoms with E-state index in [1.165, 1.54) is 0 Å². The Morgan fingerprint density at radius 2 is 2.33 bits per heavy atom. The predicted octanol–water partition coefficient (Wildman–Crippen LogP) is 2.38. The summed E-state index contributed by atoms with van der Waals surface area (Å²) in [5.41, 5.74) is 1.90. The van der Waals surface area contributed by atoms with Gasteiger partial charge in [0.15, 0.2) is 5.15 Å². The molecule has 0 radical (unpaired) electrons. The van der Waals surface area contributed by atoms with E-state index in [-0.39, 0.29) is 0 Å². The quantitative estimate of drug-likeness (QED) is 0.784. The molecule has 0 unspecified atom stereocenters. The molecule has 0 aliphatic heterocycles. The van der Waals surface area contributed by atoms with Crippen LogP contribution in [0.1, 0.15) is 11.4 Å². The van der Waals surface area contributed by atoms with Crippen molar-refractivity contribution in [3.8, 4) is 0 Å². The molecule has 4 nitrogen and oxygen atoms in total. The summed E-state index contributed by atoms with van der Waals surface area (Å²) in [5.74, 6) is 0.868. The number of aryl methyl sites for hydroxylation is 1. The van der Waals surface area contributed by atoms with Gasteiger partial charge in [-0.25, -0.2) is 9.97 Å². The topological polar surface area (TPSA) is 53.6 Å². The van der Waals surface area contributed by atoms with Gasteiger partial charge in [-0.05, 0) is 18.6 Å². The lowest BCUT2D eigenvalue weighted by atomic mass is 10.3. The van der Waals surface area contributed by atoms with Gasteiger partial charge in [0.05, 0.1) is 12.2 Å². The van der Waals surface area contributed by atoms with E-state index in [0.717, 1.165) is 17.1 Å². The standard InChI is InChI=1S/C10H11ClN4/c1-7-4-8(10(11)15-5-7)14-6-9-12-2-3-13-9/h2-5,14H,6H2,1H3,(H,12,13). The second kappa shape index (κ2) is 4.31. The third-order valence-electron chi connectivity index (χ3n) is 1.98. The SMILES string of the molecule is Cc1cnc(Cl)c(NCc2ncc[nH]2)c1. The fourth-order valence-electron chi connectivity index (χ4n) is 1.25. The van der Waals surface area contributed by atoms with Gasteiger partial charge in [0.25, 0.3) is 0 Å². The lowest BCUT2D eigenvalue weighted by Gasteiger charge is -2.06. The van der Waals surface area contributed by atoms with Gasteiger partial charge < -0.3 is 10.3 Å². The van der Waals surface area contributed by atoms with Crippen molar-refractivity contribution in [1.29, 1.82) is 0 Å². The molecule has 0 saturated carbocycles. The molecule has 5 heteroatoms. The largest absolute Gasteiger partial charge is 0.375 e. The smallest absolute Gasteiger partial charge is 0.152 e. The van der Waals surface area contributed by atoms with Crippen molar-refractivity contribution < 1.29 is 0 Å². The molecule has 0 aromatic carbocycles. The Hall–Kier alpha value is -1.55. The first-order valence-electron chi connectivity index (χ1n) is 4.60. The molecule has 0 aliphatic carbocycles. The van der Waals surface area contributed by atoms with Gasteiger partial charge in [-0.3, -0.25) is 0 Å². The number of H-pyrrole nitrogens is 1. The van der Waals surface area contributed by atoms with E-state index in [4.69, 9.17) is 11.6 Å². The van der Waals surface area contributed by atoms with Crippen LogP contribution in [0.15, 0.2) is 24.7 Å². The second-order valence-electron chi connectivity index (χ2n) is 3.24. The summed E-state index contributed by atoms with van der Waals surface area (Å²) in [6.07, 6.45) is 5.24. The van der Waals surface area contributed by atoms with Crippen LogP contribution in [0.4, 0.5) is 5.69 Å². The zero-order chi connectivity index (χ0) is 10.7. The average Bonchev–Trinajstić information content (AvgIpc) is 2.72. The molecule has 2 N–H and O–H groups in total. The Morgan fingerprint density at radius 1 is 1.47 bits per heavy atom. The van der Waals surface area contributed by atoms with Gasteiger partial charge in [-0.1, -0.05) is 11.6 Å². The van der Waals surface area contributed by atoms with E-state index in [0.29, 0.717) is 11.7 Å². The monoisotopic (exact) mass is 222 g/mol. The zero-order valence-electron chi connectivity index (χ0n) is 8.29. The molecule has 0 amide bonds. The number of anilines is 1. The van der Waals surface area contributed by atoms with Crippen molar-refractivity contribution in [2.24, 2.45) is 0 Å². The van der Waals surface area contributed by atoms with E-state index in [1.807, 2.05) is 13.0 Å². The fraction of sp³-hybridized carbons (Fsp3) is 0.200. The molecule has 2 aromatic heterocycles. The predicted molar refractivity (Wildman–Crippen MR) is 59.9 cm³/mol. The van der Waals surface area contributed by atoms with Crippen molar-refractivity contribution in [1.82, 2.24) is 15.0 Å². The number of imidazole rings is 1. The summed E-state index contributed by atoms with van der Waals surface area (Å²) in [5, 5.41) is 3.65. The van der Waals surface area contributed by atoms with E-state index in [1.54, 1.807) is 18.6 Å². The average molecular weight is 223 g/mol. The minimum absolute atomic E-state index is 0.479. The molecular weight excluding hydrogens is 212 g/mol. The summed E-state index contributed by atoms with van der Waals surface area (Å²) >= 11 is 5.93. The minimum atomic E-state index is 0.479. The Balaban J connectivity index is 2.07. The Kier molecular flexibility index (Phi) is 2.87. The van der Waals surface area contributed by atoms with Gasteiger partial charge in [-0.2, -0.15) is 0 Å². The fourth-order valence-corrected chi connectivity index (χ4v) is 1.42. The van der Waals surface area contributed by atoms with Crippen LogP contribution in [0, 0.1) is 6.92 Å². The van der Waals surface area contributed by atoms with Crippen LogP contribution in [0.3, 0.4) is 0 Å². The van der Waals surface area contributed by atoms with Crippen molar-refractivity contribution >= 4 is 17.3 Å². The molecule has 78 valence electrons. The van der Waals surface area contributed by atoms with Gasteiger partial charge in [0.2, 0.25) is 0 Å². The first-order valence-corrected chi connectivity index (χ1v) is 4.98. The lowest BCUT2D eigenvalue weighted by Crippen LogP contribution is -2.02. The maximum absolute atomic E-state index is 5.93. The zero-order valence-corrected chi connectivity index (χ0v) is 9.04. The number of halogens is 1. The number of nitrogens with one attached hydrogen (secondary N) is 2. The van der Waals surface area contributed by atoms with Gasteiger partial charge >= 0.3 is 0 Å². The molecule has 2 rings (SSSR count). The van der Waals surface area contributed by atoms with Gasteiger partial charge in [0, 0.05) is 18.6 Å². The van der Waals surface area contributed by atoms with Gasteiger partial charge in [0.1, 0.15) is 5.82 Å². The number of aromatic amines is 1. The van der Waals surface area contributed by atoms with Crippen LogP contribution >= 0.6 is 11.6 Å². The van der Waals surface area contributed by atoms with Gasteiger partial charge in [-0.15, -0.1) is 0 Å². The Morgan fingerprint density at radius 3 is 3.07 bits per heavy atom. The van der Waals surface area contributed by atoms with E-state index in [9.17, 15) is 0 Å². The number of nitrogens with zero attached hydrogens (tertiary/aromatic N) is 2. The molecular formula is C10H11ClN4. The van der Waals surface area contributed by atoms with Crippen LogP contribution in [-0.4, -0.2) is 15.0 Å². The normalized spacial score (nSPS) is 10.3. The van der Waals surface area contributed by atoms with Crippen LogP contribution in [0.25, 0.3) is 0 Å². The summed E-state index contributed by atoms with van der Waals surface area (Å²) in [4.78, 5) is 11.2. The molecule has 0 saturated heterocycles. The summed E-state index contributed by atoms with van der Waals surface area (Å²) in [6, 6.07) is 1.96. The summed E-state index contributed by atoms with van der Waals surface area (Å²) in [6.45, 7) is 2.58. The van der Waals surface area contributed by atoms with E-state index >= 15 is 0 Å². The summed E-state index contributed by atoms with van der Waals surface area (Å²) in [7, 11) is 0. The molecule has 0 aliphatic rings. The number of aromatic nitrogens is 3. The van der Waals surface area contributed by atoms with E-state index in [2.05, 4.69) is 20.3 Å². The number of hydrogen-bond donors (Lipinski definition) is 2. The summed E-state index contributed by atoms with van der Waals surface area (Å²) < 4.78 is 0. The molecule has 2 heterocycles. The number of hydrogen-bond acceptors (Lipinski definition) is 3. The third kappa shape index (κ3) is 2.47. The number of rotatable bonds is 3. The maximum atomic E-state index is 5.93. The first-order chi connectivity index (χ1) is 7.25. The highest BCUT2D eigenvalue weighted by Crippen LogP contribution is 2.19. The third-order valence-corrected chi connectivity index (χ3v) is 2.28. The number of pyridine rings is 1. The maximum Gasteiger partial charge on any atom is 0.152 e. The van der Waals surface area contributed by atoms with Crippen molar-refractivity contribution in [2.75, 3.05) is 5.32 Å². The van der Waals surface area contributed by atoms with Crippen LogP contribution in [0.2, 0.25) is 5.15 Å². The van der Waals surface area contributed by atoms with Crippen molar-refractivity contribution in [3.05, 3.63) is 41.2 Å². The Labute approximate surface area is 92.7 Å². The molecule has 0 bridgehead atoms. The highest BCUT2D eigenvalue weighted by Gasteiger charge is 2.02. The van der Waals surface area contributed by atoms with E-state index < -0.39 is 0 Å². The second-order valence-corrected chi connectivity index (χ2v) is 3.60. The Bertz CT molecular complexity index is 439. The highest BCUT2D eigenvalue weighted by molar-refractivity contribution is 6.31. The molecule has 0 fully saturated rings. The molecule has 0 atom stereocenters. The minimum Gasteiger partial charge on any atom is -0.375 e. The van der Waals surface area contributed by atoms with Crippen LogP contribution in [0.5, 0.6) is 0 Å². The van der Waals surface area contributed by atoms with Crippen molar-refractivity contribution in [3.63, 3.8) is 0 Å². The molecule has 0 spiro atoms. The van der Waals surface area contributed by atoms with Crippen LogP contribution in [-0.2, 0) is 6.54 Å². The van der Waals surface area contributed by atoms with Crippen LogP contribution < -0.4 is 5.32 Å². The molecule has 2 aromatic rings. The van der Waals surface area contributed by atoms with Crippen molar-refractivity contribution in [2.45, 2.75) is 13.5 Å².